The van der Waals surface area contributed by atoms with Crippen molar-refractivity contribution in [1.82, 2.24) is 0 Å². The van der Waals surface area contributed by atoms with Crippen molar-refractivity contribution in [3.63, 3.8) is 0 Å². The average molecular weight is 580 g/mol. The average Bonchev–Trinajstić information content (AvgIpc) is 2.94. The van der Waals surface area contributed by atoms with Gasteiger partial charge in [0.25, 0.3) is 0 Å². The Kier molecular flexibility index (Phi) is 16.4. The molecule has 0 aromatic heterocycles. The first-order valence-electron chi connectivity index (χ1n) is 15.1. The predicted octanol–water partition coefficient (Wildman–Crippen LogP) is -0.0118. The number of esters is 1. The highest BCUT2D eigenvalue weighted by atomic mass is 16.7. The molecule has 1 aliphatic heterocycles. The van der Waals surface area contributed by atoms with Gasteiger partial charge in [0, 0.05) is 6.42 Å². The van der Waals surface area contributed by atoms with Gasteiger partial charge in [0.1, 0.15) is 48.8 Å². The summed E-state index contributed by atoms with van der Waals surface area (Å²) in [6, 6.07) is -1.32. The van der Waals surface area contributed by atoms with Gasteiger partial charge in [0.2, 0.25) is 0 Å². The quantitative estimate of drug-likeness (QED) is 0.0795. The number of carbonyl (C=O) groups is 1. The molecule has 2 fully saturated rings. The molecule has 11 atom stereocenters. The maximum absolute atomic E-state index is 12.4. The molecule has 1 heterocycles. The van der Waals surface area contributed by atoms with Gasteiger partial charge in [-0.2, -0.15) is 0 Å². The highest BCUT2D eigenvalue weighted by molar-refractivity contribution is 5.69. The molecule has 9 N–H and O–H groups in total. The molecule has 1 saturated carbocycles. The van der Waals surface area contributed by atoms with Crippen LogP contribution in [0.1, 0.15) is 96.8 Å². The molecule has 0 aromatic carbocycles. The Hall–Kier alpha value is -0.930. The van der Waals surface area contributed by atoms with E-state index in [0.29, 0.717) is 6.42 Å². The van der Waals surface area contributed by atoms with Crippen LogP contribution in [0.3, 0.4) is 0 Å². The van der Waals surface area contributed by atoms with E-state index < -0.39 is 79.8 Å². The lowest BCUT2D eigenvalue weighted by molar-refractivity contribution is -0.317. The second kappa shape index (κ2) is 18.6. The van der Waals surface area contributed by atoms with E-state index in [4.69, 9.17) is 19.9 Å². The lowest BCUT2D eigenvalue weighted by Crippen LogP contribution is -2.68. The Labute approximate surface area is 237 Å². The number of nitrogens with two attached hydrogens (primary N) is 1. The number of aliphatic hydroxyl groups is 7. The van der Waals surface area contributed by atoms with Gasteiger partial charge in [0.15, 0.2) is 12.4 Å². The van der Waals surface area contributed by atoms with E-state index in [1.807, 2.05) is 0 Å². The van der Waals surface area contributed by atoms with Crippen LogP contribution in [0, 0.1) is 0 Å². The fourth-order valence-electron chi connectivity index (χ4n) is 5.36. The summed E-state index contributed by atoms with van der Waals surface area (Å²) in [6.45, 7) is 1.56. The molecule has 0 bridgehead atoms. The summed E-state index contributed by atoms with van der Waals surface area (Å²) in [5.41, 5.74) is 5.85. The van der Waals surface area contributed by atoms with Crippen LogP contribution in [0.4, 0.5) is 0 Å². The van der Waals surface area contributed by atoms with Gasteiger partial charge in [-0.3, -0.25) is 4.79 Å². The van der Waals surface area contributed by atoms with Crippen LogP contribution in [0.25, 0.3) is 0 Å². The van der Waals surface area contributed by atoms with Crippen molar-refractivity contribution in [3.8, 4) is 0 Å². The molecule has 1 saturated heterocycles. The van der Waals surface area contributed by atoms with E-state index in [1.54, 1.807) is 0 Å². The standard InChI is InChI=1S/C28H53NO11/c1-2-3-4-5-6-7-8-9-10-11-12-13-14-15-18(31)39-26-23(35)22(34)24(36)27(25(26)37)40-28-19(29)21(33)20(32)17(16-30)38-28/h17,19-28,30,32-37H,2-16,29H2,1H3/t17?,19?,20-,21-,22?,23?,24+,25?,26-,27+,28-/m1/s1. The summed E-state index contributed by atoms with van der Waals surface area (Å²) in [6.07, 6.45) is -1.08. The van der Waals surface area contributed by atoms with Crippen molar-refractivity contribution in [2.75, 3.05) is 6.61 Å². The molecule has 0 radical (unpaired) electrons. The molecule has 2 rings (SSSR count). The fraction of sp³-hybridized carbons (Fsp3) is 0.964. The Morgan fingerprint density at radius 2 is 1.18 bits per heavy atom. The lowest BCUT2D eigenvalue weighted by Gasteiger charge is -2.46. The third kappa shape index (κ3) is 10.4. The Bertz CT molecular complexity index is 699. The van der Waals surface area contributed by atoms with E-state index in [1.165, 1.54) is 57.8 Å². The van der Waals surface area contributed by atoms with Crippen LogP contribution in [0.5, 0.6) is 0 Å². The number of carbonyl (C=O) groups excluding carboxylic acids is 1. The normalized spacial score (nSPS) is 36.5. The van der Waals surface area contributed by atoms with Gasteiger partial charge in [0.05, 0.1) is 12.6 Å². The zero-order chi connectivity index (χ0) is 29.7. The van der Waals surface area contributed by atoms with Crippen LogP contribution in [-0.2, 0) is 19.0 Å². The van der Waals surface area contributed by atoms with Crippen molar-refractivity contribution >= 4 is 5.97 Å². The van der Waals surface area contributed by atoms with Crippen LogP contribution in [0.15, 0.2) is 0 Å². The number of rotatable bonds is 18. The molecule has 236 valence electrons. The Morgan fingerprint density at radius 3 is 1.70 bits per heavy atom. The fourth-order valence-corrected chi connectivity index (χ4v) is 5.36. The molecule has 0 amide bonds. The summed E-state index contributed by atoms with van der Waals surface area (Å²) < 4.78 is 16.2. The third-order valence-electron chi connectivity index (χ3n) is 8.02. The second-order valence-electron chi connectivity index (χ2n) is 11.3. The van der Waals surface area contributed by atoms with E-state index in [2.05, 4.69) is 6.92 Å². The number of hydrogen-bond acceptors (Lipinski definition) is 12. The van der Waals surface area contributed by atoms with Crippen LogP contribution in [0.2, 0.25) is 0 Å². The highest BCUT2D eigenvalue weighted by Gasteiger charge is 2.54. The van der Waals surface area contributed by atoms with Crippen LogP contribution in [-0.4, -0.2) is 116 Å². The number of ether oxygens (including phenoxy) is 3. The molecule has 1 aliphatic carbocycles. The van der Waals surface area contributed by atoms with Crippen molar-refractivity contribution in [2.45, 2.75) is 164 Å². The summed E-state index contributed by atoms with van der Waals surface area (Å²) in [7, 11) is 0. The first-order chi connectivity index (χ1) is 19.1. The number of unbranched alkanes of at least 4 members (excludes halogenated alkanes) is 12. The number of aliphatic hydroxyl groups excluding tert-OH is 7. The molecular formula is C28H53NO11. The topological polar surface area (TPSA) is 212 Å². The van der Waals surface area contributed by atoms with Crippen LogP contribution < -0.4 is 5.73 Å². The SMILES string of the molecule is CCCCCCCCCCCCCCCC(=O)O[C@@H]1C(O)C(O)[C@H](O)[C@H](O[C@H]2OC(CO)[C@@H](O)[C@H](O)C2N)C1O. The minimum Gasteiger partial charge on any atom is -0.457 e. The van der Waals surface area contributed by atoms with E-state index in [9.17, 15) is 40.5 Å². The molecule has 12 nitrogen and oxygen atoms in total. The van der Waals surface area contributed by atoms with Gasteiger partial charge in [-0.05, 0) is 6.42 Å². The predicted molar refractivity (Wildman–Crippen MR) is 145 cm³/mol. The van der Waals surface area contributed by atoms with Crippen LogP contribution >= 0.6 is 0 Å². The monoisotopic (exact) mass is 579 g/mol. The zero-order valence-corrected chi connectivity index (χ0v) is 23.8. The molecule has 12 heteroatoms. The molecule has 0 aromatic rings. The number of hydrogen-bond donors (Lipinski definition) is 8. The maximum Gasteiger partial charge on any atom is 0.306 e. The molecular weight excluding hydrogens is 526 g/mol. The zero-order valence-electron chi connectivity index (χ0n) is 23.8. The van der Waals surface area contributed by atoms with Gasteiger partial charge >= 0.3 is 5.97 Å². The first-order valence-corrected chi connectivity index (χ1v) is 15.1. The smallest absolute Gasteiger partial charge is 0.306 e. The summed E-state index contributed by atoms with van der Waals surface area (Å²) >= 11 is 0. The first kappa shape index (κ1) is 35.3. The second-order valence-corrected chi connectivity index (χ2v) is 11.3. The summed E-state index contributed by atoms with van der Waals surface area (Å²) in [4.78, 5) is 12.4. The largest absolute Gasteiger partial charge is 0.457 e. The minimum absolute atomic E-state index is 0.0662. The summed E-state index contributed by atoms with van der Waals surface area (Å²) in [5.74, 6) is -0.669. The molecule has 2 aliphatic rings. The third-order valence-corrected chi connectivity index (χ3v) is 8.02. The Morgan fingerprint density at radius 1 is 0.675 bits per heavy atom. The van der Waals surface area contributed by atoms with Crippen molar-refractivity contribution < 1.29 is 54.8 Å². The van der Waals surface area contributed by atoms with E-state index >= 15 is 0 Å². The molecule has 0 spiro atoms. The lowest BCUT2D eigenvalue weighted by atomic mass is 9.84. The van der Waals surface area contributed by atoms with Gasteiger partial charge < -0.3 is 55.7 Å². The summed E-state index contributed by atoms with van der Waals surface area (Å²) in [5, 5.41) is 71.4. The van der Waals surface area contributed by atoms with E-state index in [-0.39, 0.29) is 6.42 Å². The highest BCUT2D eigenvalue weighted by Crippen LogP contribution is 2.30. The van der Waals surface area contributed by atoms with Crippen molar-refractivity contribution in [1.29, 1.82) is 0 Å². The van der Waals surface area contributed by atoms with Crippen molar-refractivity contribution in [2.24, 2.45) is 5.73 Å². The molecule has 5 unspecified atom stereocenters. The Balaban J connectivity index is 1.73. The van der Waals surface area contributed by atoms with E-state index in [0.717, 1.165) is 19.3 Å². The van der Waals surface area contributed by atoms with Gasteiger partial charge in [-0.15, -0.1) is 0 Å². The van der Waals surface area contributed by atoms with Gasteiger partial charge in [-0.25, -0.2) is 0 Å². The maximum atomic E-state index is 12.4. The molecule has 40 heavy (non-hydrogen) atoms. The van der Waals surface area contributed by atoms with Gasteiger partial charge in [-0.1, -0.05) is 84.0 Å². The minimum atomic E-state index is -1.83. The van der Waals surface area contributed by atoms with Crippen molar-refractivity contribution in [3.05, 3.63) is 0 Å².